The minimum Gasteiger partial charge on any atom is -0.508 e. The summed E-state index contributed by atoms with van der Waals surface area (Å²) in [5.74, 6) is -6.46. The Morgan fingerprint density at radius 3 is 2.45 bits per heavy atom. The van der Waals surface area contributed by atoms with Crippen LogP contribution in [0.3, 0.4) is 0 Å². The first-order valence-corrected chi connectivity index (χ1v) is 14.1. The highest BCUT2D eigenvalue weighted by Gasteiger charge is 2.64. The second-order valence-corrected chi connectivity index (χ2v) is 11.6. The molecule has 2 saturated heterocycles. The fraction of sp³-hybridized carbons (Fsp3) is 0.552. The number of carbonyl (C=O) groups excluding carboxylic acids is 3. The van der Waals surface area contributed by atoms with Gasteiger partial charge in [-0.05, 0) is 68.6 Å². The number of aliphatic hydroxyl groups excluding tert-OH is 2. The number of anilines is 1. The van der Waals surface area contributed by atoms with Crippen LogP contribution in [0.5, 0.6) is 5.75 Å². The van der Waals surface area contributed by atoms with Crippen LogP contribution in [0.2, 0.25) is 0 Å². The molecule has 2 aliphatic heterocycles. The van der Waals surface area contributed by atoms with Crippen LogP contribution >= 0.6 is 0 Å². The molecule has 0 radical (unpaired) electrons. The number of aromatic hydroxyl groups is 1. The number of ketones is 2. The van der Waals surface area contributed by atoms with Crippen molar-refractivity contribution in [3.8, 4) is 5.75 Å². The summed E-state index contributed by atoms with van der Waals surface area (Å²) in [6.45, 7) is 2.61. The number of carbonyl (C=O) groups is 3. The monoisotopic (exact) mass is 553 g/mol. The topological polar surface area (TPSA) is 183 Å². The van der Waals surface area contributed by atoms with Gasteiger partial charge in [-0.1, -0.05) is 0 Å². The molecular formula is C29H35N3O8. The predicted molar refractivity (Wildman–Crippen MR) is 144 cm³/mol. The van der Waals surface area contributed by atoms with Gasteiger partial charge in [0, 0.05) is 49.5 Å². The Morgan fingerprint density at radius 1 is 1.07 bits per heavy atom. The minimum atomic E-state index is -2.65. The summed E-state index contributed by atoms with van der Waals surface area (Å²) in [5, 5.41) is 48.4. The maximum Gasteiger partial charge on any atom is 0.255 e. The van der Waals surface area contributed by atoms with Gasteiger partial charge in [0.05, 0.1) is 11.6 Å². The predicted octanol–water partition coefficient (Wildman–Crippen LogP) is 1.16. The third-order valence-corrected chi connectivity index (χ3v) is 9.39. The fourth-order valence-electron chi connectivity index (χ4n) is 7.40. The number of phenols is 1. The number of hydrogen-bond acceptors (Lipinski definition) is 10. The van der Waals surface area contributed by atoms with E-state index in [1.165, 1.54) is 6.07 Å². The van der Waals surface area contributed by atoms with Crippen molar-refractivity contribution in [2.45, 2.75) is 62.6 Å². The second-order valence-electron chi connectivity index (χ2n) is 11.6. The number of rotatable bonds is 4. The van der Waals surface area contributed by atoms with Gasteiger partial charge in [-0.15, -0.1) is 0 Å². The van der Waals surface area contributed by atoms with Crippen molar-refractivity contribution in [1.82, 2.24) is 5.32 Å². The van der Waals surface area contributed by atoms with Crippen LogP contribution in [0.4, 0.5) is 5.69 Å². The number of ether oxygens (including phenoxy) is 1. The normalized spacial score (nSPS) is 31.1. The molecule has 0 spiro atoms. The Morgan fingerprint density at radius 2 is 1.77 bits per heavy atom. The van der Waals surface area contributed by atoms with Crippen molar-refractivity contribution in [2.75, 3.05) is 31.2 Å². The number of nitrogens with two attached hydrogens (primary N) is 1. The van der Waals surface area contributed by atoms with Gasteiger partial charge in [-0.3, -0.25) is 14.4 Å². The van der Waals surface area contributed by atoms with Crippen LogP contribution in [0.25, 0.3) is 5.76 Å². The molecule has 1 aromatic carbocycles. The summed E-state index contributed by atoms with van der Waals surface area (Å²) in [4.78, 5) is 42.1. The number of Topliss-reactive ketones (excluding diaryl/α,β-unsaturated/α-hetero) is 2. The lowest BCUT2D eigenvalue weighted by atomic mass is 9.57. The average Bonchev–Trinajstić information content (AvgIpc) is 2.94. The van der Waals surface area contributed by atoms with Gasteiger partial charge in [0.25, 0.3) is 5.91 Å². The zero-order valence-corrected chi connectivity index (χ0v) is 22.2. The van der Waals surface area contributed by atoms with Crippen LogP contribution in [0.1, 0.15) is 49.7 Å². The molecular weight excluding hydrogens is 518 g/mol. The van der Waals surface area contributed by atoms with Crippen LogP contribution in [0, 0.1) is 11.8 Å². The third-order valence-electron chi connectivity index (χ3n) is 9.39. The number of nitrogens with one attached hydrogen (secondary N) is 1. The third kappa shape index (κ3) is 3.93. The largest absolute Gasteiger partial charge is 0.508 e. The van der Waals surface area contributed by atoms with E-state index >= 15 is 0 Å². The van der Waals surface area contributed by atoms with Gasteiger partial charge in [-0.25, -0.2) is 0 Å². The number of nitrogens with zero attached hydrogens (tertiary/aromatic N) is 1. The first kappa shape index (κ1) is 26.8. The van der Waals surface area contributed by atoms with E-state index in [1.807, 2.05) is 6.07 Å². The van der Waals surface area contributed by atoms with E-state index in [4.69, 9.17) is 10.5 Å². The molecule has 1 saturated carbocycles. The lowest BCUT2D eigenvalue weighted by Crippen LogP contribution is -2.67. The van der Waals surface area contributed by atoms with E-state index in [0.29, 0.717) is 38.0 Å². The summed E-state index contributed by atoms with van der Waals surface area (Å²) in [5.41, 5.74) is 3.56. The van der Waals surface area contributed by atoms with E-state index in [2.05, 4.69) is 10.2 Å². The highest BCUT2D eigenvalue weighted by Crippen LogP contribution is 2.53. The lowest BCUT2D eigenvalue weighted by Gasteiger charge is -2.50. The highest BCUT2D eigenvalue weighted by molar-refractivity contribution is 6.24. The summed E-state index contributed by atoms with van der Waals surface area (Å²) < 4.78 is 5.41. The van der Waals surface area contributed by atoms with Crippen molar-refractivity contribution in [3.05, 3.63) is 40.2 Å². The molecule has 7 N–H and O–H groups in total. The summed E-state index contributed by atoms with van der Waals surface area (Å²) in [6.07, 6.45) is 4.71. The molecule has 40 heavy (non-hydrogen) atoms. The maximum atomic E-state index is 14.1. The van der Waals surface area contributed by atoms with Crippen LogP contribution in [-0.4, -0.2) is 81.9 Å². The minimum absolute atomic E-state index is 0.0684. The Labute approximate surface area is 231 Å². The Bertz CT molecular complexity index is 1340. The fourth-order valence-corrected chi connectivity index (χ4v) is 7.40. The van der Waals surface area contributed by atoms with Crippen molar-refractivity contribution in [3.63, 3.8) is 0 Å². The van der Waals surface area contributed by atoms with E-state index in [1.54, 1.807) is 0 Å². The standard InChI is InChI=1S/C29H35N3O8/c30-28(38)22-25(35)23(31-15-6-10-40-11-7-15)17-13-14-12-16-18(32-8-2-1-3-9-32)4-5-19(33)21(16)24(34)20(14)26(36)29(17,39)27(22)37/h4-5,14-15,17,23,31,33-34,37,39H,1-3,6-13H2,(H2,30,38)/t14-,17-,23+,29-/m0/s1. The number of aliphatic hydroxyl groups is 3. The van der Waals surface area contributed by atoms with Crippen molar-refractivity contribution >= 4 is 28.9 Å². The summed E-state index contributed by atoms with van der Waals surface area (Å²) in [6, 6.07) is 1.98. The van der Waals surface area contributed by atoms with Gasteiger partial charge in [0.2, 0.25) is 5.78 Å². The van der Waals surface area contributed by atoms with Crippen molar-refractivity contribution in [2.24, 2.45) is 17.6 Å². The molecule has 0 aromatic heterocycles. The Balaban J connectivity index is 1.47. The van der Waals surface area contributed by atoms with Crippen LogP contribution < -0.4 is 16.0 Å². The van der Waals surface area contributed by atoms with E-state index in [0.717, 1.165) is 38.0 Å². The molecule has 11 heteroatoms. The van der Waals surface area contributed by atoms with Crippen molar-refractivity contribution < 1.29 is 39.5 Å². The van der Waals surface area contributed by atoms with Crippen LogP contribution in [0.15, 0.2) is 29.0 Å². The van der Waals surface area contributed by atoms with Gasteiger partial charge in [0.15, 0.2) is 11.4 Å². The first-order chi connectivity index (χ1) is 19.1. The van der Waals surface area contributed by atoms with E-state index < -0.39 is 58.0 Å². The molecule has 214 valence electrons. The molecule has 2 heterocycles. The molecule has 11 nitrogen and oxygen atoms in total. The molecule has 3 aliphatic carbocycles. The number of hydrogen-bond donors (Lipinski definition) is 6. The maximum absolute atomic E-state index is 14.1. The van der Waals surface area contributed by atoms with Crippen LogP contribution in [-0.2, 0) is 25.5 Å². The number of piperidine rings is 1. The molecule has 1 amide bonds. The summed E-state index contributed by atoms with van der Waals surface area (Å²) >= 11 is 0. The molecule has 0 bridgehead atoms. The van der Waals surface area contributed by atoms with Gasteiger partial charge in [0.1, 0.15) is 22.8 Å². The molecule has 4 atom stereocenters. The number of fused-ring (bicyclic) bond motifs is 3. The van der Waals surface area contributed by atoms with Gasteiger partial charge in [-0.2, -0.15) is 0 Å². The van der Waals surface area contributed by atoms with E-state index in [9.17, 15) is 34.8 Å². The molecule has 3 fully saturated rings. The van der Waals surface area contributed by atoms with E-state index in [-0.39, 0.29) is 29.3 Å². The van der Waals surface area contributed by atoms with Gasteiger partial charge < -0.3 is 41.1 Å². The first-order valence-electron chi connectivity index (χ1n) is 14.1. The van der Waals surface area contributed by atoms with Crippen molar-refractivity contribution in [1.29, 1.82) is 0 Å². The Hall–Kier alpha value is -3.41. The number of primary amides is 1. The molecule has 0 unspecified atom stereocenters. The molecule has 6 rings (SSSR count). The molecule has 5 aliphatic rings. The average molecular weight is 554 g/mol. The highest BCUT2D eigenvalue weighted by atomic mass is 16.5. The zero-order chi connectivity index (χ0) is 28.3. The second kappa shape index (κ2) is 9.90. The number of benzene rings is 1. The lowest BCUT2D eigenvalue weighted by molar-refractivity contribution is -0.150. The van der Waals surface area contributed by atoms with Gasteiger partial charge >= 0.3 is 0 Å². The smallest absolute Gasteiger partial charge is 0.255 e. The number of amides is 1. The zero-order valence-electron chi connectivity index (χ0n) is 22.2. The quantitative estimate of drug-likeness (QED) is 0.296. The SMILES string of the molecule is NC(=O)C1=C(O)[C@@]2(O)C(=O)C3=C(O)c4c(O)ccc(N5CCCCC5)c4C[C@H]3C[C@H]2[C@@H](NC2CCOCC2)C1=O. The summed E-state index contributed by atoms with van der Waals surface area (Å²) in [7, 11) is 0. The molecule has 1 aromatic rings. The Kier molecular flexibility index (Phi) is 6.63. The number of phenolic OH excluding ortho intramolecular Hbond substituents is 1.